The number of fused-ring (bicyclic) bond motifs is 1. The second-order valence-corrected chi connectivity index (χ2v) is 6.63. The van der Waals surface area contributed by atoms with Crippen LogP contribution in [0.15, 0.2) is 59.1 Å². The zero-order valence-corrected chi connectivity index (χ0v) is 15.8. The summed E-state index contributed by atoms with van der Waals surface area (Å²) in [5, 5.41) is 1.32. The molecular formula is C20H15BrClNO2. The zero-order chi connectivity index (χ0) is 17.8. The van der Waals surface area contributed by atoms with Gasteiger partial charge in [-0.2, -0.15) is 0 Å². The van der Waals surface area contributed by atoms with Crippen LogP contribution in [0.25, 0.3) is 17.0 Å². The van der Waals surface area contributed by atoms with Crippen molar-refractivity contribution >= 4 is 50.3 Å². The molecule has 0 aliphatic heterocycles. The Morgan fingerprint density at radius 1 is 1.20 bits per heavy atom. The first-order valence-corrected chi connectivity index (χ1v) is 8.95. The van der Waals surface area contributed by atoms with E-state index in [1.165, 1.54) is 6.08 Å². The van der Waals surface area contributed by atoms with Crippen LogP contribution < -0.4 is 4.74 Å². The Bertz CT molecular complexity index is 952. The topological polar surface area (TPSA) is 39.2 Å². The zero-order valence-electron chi connectivity index (χ0n) is 13.5. The van der Waals surface area contributed by atoms with E-state index >= 15 is 0 Å². The van der Waals surface area contributed by atoms with E-state index in [4.69, 9.17) is 16.3 Å². The number of carbonyl (C=O) groups is 1. The Balaban J connectivity index is 1.84. The summed E-state index contributed by atoms with van der Waals surface area (Å²) in [7, 11) is 0. The lowest BCUT2D eigenvalue weighted by atomic mass is 10.1. The van der Waals surface area contributed by atoms with Crippen LogP contribution in [-0.2, 0) is 0 Å². The molecule has 0 radical (unpaired) electrons. The highest BCUT2D eigenvalue weighted by Gasteiger charge is 2.06. The van der Waals surface area contributed by atoms with Gasteiger partial charge in [-0.25, -0.2) is 4.98 Å². The molecule has 126 valence electrons. The fourth-order valence-electron chi connectivity index (χ4n) is 2.40. The maximum atomic E-state index is 12.3. The van der Waals surface area contributed by atoms with Crippen molar-refractivity contribution in [1.82, 2.24) is 4.98 Å². The number of benzene rings is 2. The standard InChI is InChI=1S/C20H15BrClNO2/c1-2-25-17-7-3-13(4-8-17)19(24)10-5-14-11-15-12-16(21)6-9-18(15)23-20(14)22/h3-12H,2H2,1H3/b10-5+. The molecule has 0 saturated carbocycles. The molecule has 3 aromatic rings. The van der Waals surface area contributed by atoms with Crippen molar-refractivity contribution in [3.8, 4) is 5.75 Å². The lowest BCUT2D eigenvalue weighted by molar-refractivity contribution is 0.104. The summed E-state index contributed by atoms with van der Waals surface area (Å²) >= 11 is 9.67. The van der Waals surface area contributed by atoms with Gasteiger partial charge in [-0.1, -0.05) is 27.5 Å². The molecule has 1 aromatic heterocycles. The van der Waals surface area contributed by atoms with Gasteiger partial charge >= 0.3 is 0 Å². The molecule has 0 unspecified atom stereocenters. The first-order chi connectivity index (χ1) is 12.1. The van der Waals surface area contributed by atoms with Crippen LogP contribution in [0.2, 0.25) is 5.15 Å². The van der Waals surface area contributed by atoms with Crippen molar-refractivity contribution in [2.24, 2.45) is 0 Å². The van der Waals surface area contributed by atoms with Crippen LogP contribution in [0.5, 0.6) is 5.75 Å². The number of halogens is 2. The summed E-state index contributed by atoms with van der Waals surface area (Å²) < 4.78 is 6.34. The highest BCUT2D eigenvalue weighted by Crippen LogP contribution is 2.24. The van der Waals surface area contributed by atoms with Crippen LogP contribution in [0.4, 0.5) is 0 Å². The van der Waals surface area contributed by atoms with E-state index in [0.717, 1.165) is 21.1 Å². The monoisotopic (exact) mass is 415 g/mol. The molecule has 3 nitrogen and oxygen atoms in total. The molecule has 3 rings (SSSR count). The SMILES string of the molecule is CCOc1ccc(C(=O)/C=C/c2cc3cc(Br)ccc3nc2Cl)cc1. The molecule has 0 fully saturated rings. The number of hydrogen-bond donors (Lipinski definition) is 0. The lowest BCUT2D eigenvalue weighted by Gasteiger charge is -2.04. The Morgan fingerprint density at radius 2 is 1.96 bits per heavy atom. The summed E-state index contributed by atoms with van der Waals surface area (Å²) in [6.07, 6.45) is 3.19. The average Bonchev–Trinajstić information content (AvgIpc) is 2.61. The number of carbonyl (C=O) groups excluding carboxylic acids is 1. The maximum absolute atomic E-state index is 12.3. The van der Waals surface area contributed by atoms with Gasteiger partial charge < -0.3 is 4.74 Å². The number of pyridine rings is 1. The summed E-state index contributed by atoms with van der Waals surface area (Å²) in [5.74, 6) is 0.642. The molecule has 0 aliphatic carbocycles. The molecule has 1 heterocycles. The van der Waals surface area contributed by atoms with E-state index in [1.807, 2.05) is 31.2 Å². The van der Waals surface area contributed by atoms with Crippen LogP contribution >= 0.6 is 27.5 Å². The van der Waals surface area contributed by atoms with E-state index in [0.29, 0.717) is 22.9 Å². The number of ketones is 1. The number of allylic oxidation sites excluding steroid dienone is 1. The number of nitrogens with zero attached hydrogens (tertiary/aromatic N) is 1. The Kier molecular flexibility index (Phi) is 5.51. The van der Waals surface area contributed by atoms with Gasteiger partial charge in [-0.15, -0.1) is 0 Å². The minimum absolute atomic E-state index is 0.103. The molecule has 0 spiro atoms. The molecule has 2 aromatic carbocycles. The third-order valence-corrected chi connectivity index (χ3v) is 4.42. The molecule has 0 amide bonds. The van der Waals surface area contributed by atoms with Gasteiger partial charge in [0.05, 0.1) is 12.1 Å². The third kappa shape index (κ3) is 4.27. The quantitative estimate of drug-likeness (QED) is 0.293. The van der Waals surface area contributed by atoms with Crippen molar-refractivity contribution in [2.75, 3.05) is 6.61 Å². The fourth-order valence-corrected chi connectivity index (χ4v) is 2.99. The maximum Gasteiger partial charge on any atom is 0.185 e. The predicted molar refractivity (Wildman–Crippen MR) is 105 cm³/mol. The van der Waals surface area contributed by atoms with Crippen molar-refractivity contribution < 1.29 is 9.53 Å². The van der Waals surface area contributed by atoms with E-state index in [1.54, 1.807) is 30.3 Å². The fraction of sp³-hybridized carbons (Fsp3) is 0.100. The van der Waals surface area contributed by atoms with Gasteiger partial charge in [0.2, 0.25) is 0 Å². The normalized spacial score (nSPS) is 11.2. The minimum Gasteiger partial charge on any atom is -0.494 e. The van der Waals surface area contributed by atoms with E-state index < -0.39 is 0 Å². The molecule has 5 heteroatoms. The minimum atomic E-state index is -0.103. The smallest absolute Gasteiger partial charge is 0.185 e. The Hall–Kier alpha value is -2.17. The van der Waals surface area contributed by atoms with Crippen molar-refractivity contribution in [1.29, 1.82) is 0 Å². The molecule has 0 aliphatic rings. The number of aromatic nitrogens is 1. The molecular weight excluding hydrogens is 402 g/mol. The molecule has 0 atom stereocenters. The number of rotatable bonds is 5. The van der Waals surface area contributed by atoms with Gasteiger partial charge in [0.15, 0.2) is 5.78 Å². The molecule has 0 saturated heterocycles. The van der Waals surface area contributed by atoms with Gasteiger partial charge in [0.1, 0.15) is 10.9 Å². The lowest BCUT2D eigenvalue weighted by Crippen LogP contribution is -1.96. The average molecular weight is 417 g/mol. The van der Waals surface area contributed by atoms with Crippen LogP contribution in [0, 0.1) is 0 Å². The second kappa shape index (κ2) is 7.81. The number of hydrogen-bond acceptors (Lipinski definition) is 3. The number of ether oxygens (including phenoxy) is 1. The summed E-state index contributed by atoms with van der Waals surface area (Å²) in [5.41, 5.74) is 2.10. The molecule has 0 N–H and O–H groups in total. The summed E-state index contributed by atoms with van der Waals surface area (Å²) in [6.45, 7) is 2.51. The molecule has 0 bridgehead atoms. The Labute approximate surface area is 159 Å². The van der Waals surface area contributed by atoms with Gasteiger partial charge in [-0.3, -0.25) is 4.79 Å². The molecule has 25 heavy (non-hydrogen) atoms. The van der Waals surface area contributed by atoms with Crippen molar-refractivity contribution in [3.63, 3.8) is 0 Å². The van der Waals surface area contributed by atoms with Gasteiger partial charge in [-0.05, 0) is 67.6 Å². The Morgan fingerprint density at radius 3 is 2.68 bits per heavy atom. The van der Waals surface area contributed by atoms with Crippen LogP contribution in [0.3, 0.4) is 0 Å². The second-order valence-electron chi connectivity index (χ2n) is 5.36. The summed E-state index contributed by atoms with van der Waals surface area (Å²) in [4.78, 5) is 16.7. The van der Waals surface area contributed by atoms with Gasteiger partial charge in [0, 0.05) is 21.0 Å². The largest absolute Gasteiger partial charge is 0.494 e. The van der Waals surface area contributed by atoms with E-state index in [9.17, 15) is 4.79 Å². The van der Waals surface area contributed by atoms with Crippen LogP contribution in [-0.4, -0.2) is 17.4 Å². The van der Waals surface area contributed by atoms with Crippen molar-refractivity contribution in [3.05, 3.63) is 75.4 Å². The van der Waals surface area contributed by atoms with E-state index in [-0.39, 0.29) is 5.78 Å². The predicted octanol–water partition coefficient (Wildman–Crippen LogP) is 5.95. The first-order valence-electron chi connectivity index (χ1n) is 7.78. The first kappa shape index (κ1) is 17.6. The van der Waals surface area contributed by atoms with E-state index in [2.05, 4.69) is 20.9 Å². The highest BCUT2D eigenvalue weighted by atomic mass is 79.9. The van der Waals surface area contributed by atoms with Crippen molar-refractivity contribution in [2.45, 2.75) is 6.92 Å². The summed E-state index contributed by atoms with van der Waals surface area (Å²) in [6, 6.07) is 14.7. The third-order valence-electron chi connectivity index (χ3n) is 3.62. The highest BCUT2D eigenvalue weighted by molar-refractivity contribution is 9.10. The van der Waals surface area contributed by atoms with Gasteiger partial charge in [0.25, 0.3) is 0 Å². The van der Waals surface area contributed by atoms with Crippen LogP contribution in [0.1, 0.15) is 22.8 Å².